The Hall–Kier alpha value is -1.55. The summed E-state index contributed by atoms with van der Waals surface area (Å²) in [6, 6.07) is 7.85. The van der Waals surface area contributed by atoms with Crippen LogP contribution in [0.25, 0.3) is 0 Å². The number of amides is 1. The van der Waals surface area contributed by atoms with Gasteiger partial charge in [0.1, 0.15) is 5.75 Å². The van der Waals surface area contributed by atoms with Crippen LogP contribution in [-0.2, 0) is 4.79 Å². The van der Waals surface area contributed by atoms with E-state index in [1.165, 1.54) is 0 Å². The van der Waals surface area contributed by atoms with Crippen molar-refractivity contribution in [1.82, 2.24) is 4.90 Å². The zero-order chi connectivity index (χ0) is 14.9. The van der Waals surface area contributed by atoms with Gasteiger partial charge in [0.25, 0.3) is 0 Å². The van der Waals surface area contributed by atoms with Crippen molar-refractivity contribution in [2.75, 3.05) is 20.7 Å². The number of hydrogen-bond donors (Lipinski definition) is 1. The van der Waals surface area contributed by atoms with Crippen LogP contribution in [0.3, 0.4) is 0 Å². The van der Waals surface area contributed by atoms with Gasteiger partial charge in [-0.2, -0.15) is 0 Å². The fraction of sp³-hybridized carbons (Fsp3) is 0.562. The smallest absolute Gasteiger partial charge is 0.226 e. The first-order valence-corrected chi connectivity index (χ1v) is 6.94. The fourth-order valence-corrected chi connectivity index (χ4v) is 2.73. The molecular formula is C16H23NO3. The van der Waals surface area contributed by atoms with Crippen LogP contribution in [0.1, 0.15) is 31.7 Å². The molecule has 1 aromatic carbocycles. The Labute approximate surface area is 120 Å². The van der Waals surface area contributed by atoms with Crippen molar-refractivity contribution >= 4 is 5.91 Å². The quantitative estimate of drug-likeness (QED) is 0.896. The molecule has 0 aromatic heterocycles. The van der Waals surface area contributed by atoms with Gasteiger partial charge in [-0.1, -0.05) is 18.2 Å². The van der Waals surface area contributed by atoms with Crippen LogP contribution >= 0.6 is 0 Å². The lowest BCUT2D eigenvalue weighted by molar-refractivity contribution is -0.134. The average molecular weight is 277 g/mol. The topological polar surface area (TPSA) is 49.8 Å². The number of carbonyl (C=O) groups is 1. The number of aliphatic hydroxyl groups is 1. The van der Waals surface area contributed by atoms with Gasteiger partial charge in [0.15, 0.2) is 0 Å². The van der Waals surface area contributed by atoms with E-state index in [1.807, 2.05) is 24.3 Å². The molecule has 0 aliphatic heterocycles. The zero-order valence-electron chi connectivity index (χ0n) is 12.6. The van der Waals surface area contributed by atoms with Crippen LogP contribution in [0.5, 0.6) is 5.75 Å². The normalized spacial score (nSPS) is 21.4. The summed E-state index contributed by atoms with van der Waals surface area (Å²) in [5, 5.41) is 9.79. The van der Waals surface area contributed by atoms with Gasteiger partial charge in [-0.25, -0.2) is 0 Å². The number of carbonyl (C=O) groups excluding carboxylic acids is 1. The van der Waals surface area contributed by atoms with Crippen molar-refractivity contribution in [3.05, 3.63) is 29.8 Å². The Morgan fingerprint density at radius 3 is 2.70 bits per heavy atom. The van der Waals surface area contributed by atoms with Gasteiger partial charge in [-0.05, 0) is 37.8 Å². The molecule has 2 atom stereocenters. The zero-order valence-corrected chi connectivity index (χ0v) is 12.6. The van der Waals surface area contributed by atoms with Gasteiger partial charge in [0.05, 0.1) is 12.7 Å². The minimum atomic E-state index is -0.862. The highest BCUT2D eigenvalue weighted by Gasteiger charge is 2.46. The highest BCUT2D eigenvalue weighted by molar-refractivity contribution is 5.83. The number of likely N-dealkylation sites (N-methyl/N-ethyl adjacent to an activating group) is 1. The van der Waals surface area contributed by atoms with E-state index in [9.17, 15) is 9.90 Å². The second-order valence-electron chi connectivity index (χ2n) is 6.20. The number of hydrogen-bond acceptors (Lipinski definition) is 3. The Morgan fingerprint density at radius 1 is 1.45 bits per heavy atom. The van der Waals surface area contributed by atoms with Crippen molar-refractivity contribution in [3.63, 3.8) is 0 Å². The van der Waals surface area contributed by atoms with Crippen molar-refractivity contribution in [1.29, 1.82) is 0 Å². The van der Waals surface area contributed by atoms with Gasteiger partial charge >= 0.3 is 0 Å². The highest BCUT2D eigenvalue weighted by Crippen LogP contribution is 2.51. The van der Waals surface area contributed by atoms with Crippen LogP contribution in [0.4, 0.5) is 0 Å². The molecule has 0 spiro atoms. The van der Waals surface area contributed by atoms with Crippen LogP contribution in [-0.4, -0.2) is 42.2 Å². The summed E-state index contributed by atoms with van der Waals surface area (Å²) in [6.07, 6.45) is 0.857. The van der Waals surface area contributed by atoms with Crippen LogP contribution in [0.2, 0.25) is 0 Å². The molecule has 0 heterocycles. The molecule has 1 amide bonds. The summed E-state index contributed by atoms with van der Waals surface area (Å²) < 4.78 is 5.35. The van der Waals surface area contributed by atoms with E-state index in [-0.39, 0.29) is 17.7 Å². The maximum atomic E-state index is 12.3. The first kappa shape index (κ1) is 14.9. The Bertz CT molecular complexity index is 493. The van der Waals surface area contributed by atoms with Crippen LogP contribution in [0, 0.1) is 5.92 Å². The number of ether oxygens (including phenoxy) is 1. The molecule has 0 saturated heterocycles. The summed E-state index contributed by atoms with van der Waals surface area (Å²) in [5.41, 5.74) is 0.240. The van der Waals surface area contributed by atoms with E-state index >= 15 is 0 Å². The third kappa shape index (κ3) is 3.31. The van der Waals surface area contributed by atoms with Crippen LogP contribution in [0.15, 0.2) is 24.3 Å². The molecule has 0 radical (unpaired) electrons. The van der Waals surface area contributed by atoms with Gasteiger partial charge in [-0.3, -0.25) is 4.79 Å². The largest absolute Gasteiger partial charge is 0.496 e. The summed E-state index contributed by atoms with van der Waals surface area (Å²) in [7, 11) is 3.40. The lowest BCUT2D eigenvalue weighted by Crippen LogP contribution is -2.40. The van der Waals surface area contributed by atoms with Gasteiger partial charge in [-0.15, -0.1) is 0 Å². The lowest BCUT2D eigenvalue weighted by atomic mass is 10.1. The second kappa shape index (κ2) is 5.44. The number of para-hydroxylation sites is 1. The fourth-order valence-electron chi connectivity index (χ4n) is 2.73. The van der Waals surface area contributed by atoms with Gasteiger partial charge < -0.3 is 14.7 Å². The predicted molar refractivity (Wildman–Crippen MR) is 77.8 cm³/mol. The van der Waals surface area contributed by atoms with E-state index in [0.717, 1.165) is 17.7 Å². The Morgan fingerprint density at radius 2 is 2.10 bits per heavy atom. The molecule has 2 unspecified atom stereocenters. The summed E-state index contributed by atoms with van der Waals surface area (Å²) >= 11 is 0. The molecular weight excluding hydrogens is 254 g/mol. The first-order chi connectivity index (χ1) is 9.33. The number of nitrogens with zero attached hydrogens (tertiary/aromatic N) is 1. The minimum absolute atomic E-state index is 0.0126. The molecule has 1 saturated carbocycles. The van der Waals surface area contributed by atoms with Crippen molar-refractivity contribution in [2.24, 2.45) is 5.92 Å². The number of benzene rings is 1. The molecule has 0 bridgehead atoms. The Balaban J connectivity index is 2.02. The van der Waals surface area contributed by atoms with Crippen molar-refractivity contribution in [3.8, 4) is 5.75 Å². The molecule has 1 aromatic rings. The monoisotopic (exact) mass is 277 g/mol. The molecule has 2 rings (SSSR count). The molecule has 1 aliphatic rings. The van der Waals surface area contributed by atoms with E-state index in [1.54, 1.807) is 32.9 Å². The highest BCUT2D eigenvalue weighted by atomic mass is 16.5. The van der Waals surface area contributed by atoms with E-state index in [2.05, 4.69) is 0 Å². The SMILES string of the molecule is COc1ccccc1C1CC1C(=O)N(C)CC(C)(C)O. The molecule has 4 nitrogen and oxygen atoms in total. The minimum Gasteiger partial charge on any atom is -0.496 e. The maximum absolute atomic E-state index is 12.3. The molecule has 1 aliphatic carbocycles. The summed E-state index contributed by atoms with van der Waals surface area (Å²) in [6.45, 7) is 3.77. The van der Waals surface area contributed by atoms with Gasteiger partial charge in [0.2, 0.25) is 5.91 Å². The molecule has 1 N–H and O–H groups in total. The van der Waals surface area contributed by atoms with Crippen LogP contribution < -0.4 is 4.74 Å². The van der Waals surface area contributed by atoms with E-state index in [4.69, 9.17) is 4.74 Å². The summed E-state index contributed by atoms with van der Waals surface area (Å²) in [4.78, 5) is 14.0. The summed E-state index contributed by atoms with van der Waals surface area (Å²) in [5.74, 6) is 1.20. The lowest BCUT2D eigenvalue weighted by Gasteiger charge is -2.25. The predicted octanol–water partition coefficient (Wildman–Crippen LogP) is 2.03. The Kier molecular flexibility index (Phi) is 4.04. The molecule has 20 heavy (non-hydrogen) atoms. The number of rotatable bonds is 5. The second-order valence-corrected chi connectivity index (χ2v) is 6.20. The van der Waals surface area contributed by atoms with Crippen molar-refractivity contribution < 1.29 is 14.6 Å². The standard InChI is InChI=1S/C16H23NO3/c1-16(2,19)10-17(3)15(18)13-9-12(13)11-7-5-6-8-14(11)20-4/h5-8,12-13,19H,9-10H2,1-4H3. The molecule has 4 heteroatoms. The third-order valence-electron chi connectivity index (χ3n) is 3.65. The third-order valence-corrected chi connectivity index (χ3v) is 3.65. The number of methoxy groups -OCH3 is 1. The average Bonchev–Trinajstić information content (AvgIpc) is 3.15. The maximum Gasteiger partial charge on any atom is 0.226 e. The molecule has 110 valence electrons. The molecule has 1 fully saturated rings. The van der Waals surface area contributed by atoms with Crippen molar-refractivity contribution in [2.45, 2.75) is 31.8 Å². The van der Waals surface area contributed by atoms with Gasteiger partial charge in [0, 0.05) is 19.5 Å². The van der Waals surface area contributed by atoms with E-state index < -0.39 is 5.60 Å². The van der Waals surface area contributed by atoms with E-state index in [0.29, 0.717) is 6.54 Å². The first-order valence-electron chi connectivity index (χ1n) is 6.94.